The van der Waals surface area contributed by atoms with Crippen LogP contribution in [0.5, 0.6) is 6.01 Å². The Labute approximate surface area is 125 Å². The maximum atomic E-state index is 9.60. The van der Waals surface area contributed by atoms with E-state index in [1.165, 1.54) is 0 Å². The van der Waals surface area contributed by atoms with Gasteiger partial charge in [-0.3, -0.25) is 0 Å². The summed E-state index contributed by atoms with van der Waals surface area (Å²) in [5, 5.41) is 12.8. The summed E-state index contributed by atoms with van der Waals surface area (Å²) in [4.78, 5) is 15.2. The molecule has 21 heavy (non-hydrogen) atoms. The lowest BCUT2D eigenvalue weighted by Crippen LogP contribution is -2.37. The van der Waals surface area contributed by atoms with Crippen molar-refractivity contribution in [3.8, 4) is 6.01 Å². The first-order valence-electron chi connectivity index (χ1n) is 7.78. The fourth-order valence-corrected chi connectivity index (χ4v) is 2.13. The van der Waals surface area contributed by atoms with Crippen molar-refractivity contribution < 1.29 is 9.84 Å². The van der Waals surface area contributed by atoms with Crippen molar-refractivity contribution >= 4 is 11.9 Å². The summed E-state index contributed by atoms with van der Waals surface area (Å²) < 4.78 is 5.55. The van der Waals surface area contributed by atoms with Crippen LogP contribution in [0.15, 0.2) is 0 Å². The van der Waals surface area contributed by atoms with Crippen LogP contribution in [0.4, 0.5) is 11.9 Å². The maximum absolute atomic E-state index is 9.60. The minimum absolute atomic E-state index is 0.211. The van der Waals surface area contributed by atoms with E-state index in [9.17, 15) is 5.11 Å². The Morgan fingerprint density at radius 2 is 1.95 bits per heavy atom. The largest absolute Gasteiger partial charge is 0.463 e. The lowest BCUT2D eigenvalue weighted by Gasteiger charge is -2.29. The van der Waals surface area contributed by atoms with Gasteiger partial charge in [-0.1, -0.05) is 13.8 Å². The molecule has 7 nitrogen and oxygen atoms in total. The molecular formula is C14H25N5O2. The Hall–Kier alpha value is -1.63. The Balaban J connectivity index is 2.13. The quantitative estimate of drug-likeness (QED) is 0.787. The highest BCUT2D eigenvalue weighted by atomic mass is 16.5. The second-order valence-electron chi connectivity index (χ2n) is 5.24. The van der Waals surface area contributed by atoms with Crippen LogP contribution in [0.25, 0.3) is 0 Å². The molecule has 1 aromatic rings. The number of nitrogens with one attached hydrogen (secondary N) is 1. The highest BCUT2D eigenvalue weighted by Gasteiger charge is 2.20. The first-order chi connectivity index (χ1) is 10.2. The highest BCUT2D eigenvalue weighted by Crippen LogP contribution is 2.19. The van der Waals surface area contributed by atoms with Crippen LogP contribution in [0.1, 0.15) is 39.5 Å². The third-order valence-corrected chi connectivity index (χ3v) is 3.32. The zero-order chi connectivity index (χ0) is 15.1. The number of rotatable bonds is 7. The number of aliphatic hydroxyl groups excluding tert-OH is 1. The summed E-state index contributed by atoms with van der Waals surface area (Å²) in [5.41, 5.74) is 0. The molecule has 0 radical (unpaired) electrons. The number of piperidine rings is 1. The van der Waals surface area contributed by atoms with Crippen molar-refractivity contribution in [2.45, 2.75) is 45.6 Å². The lowest BCUT2D eigenvalue weighted by atomic mass is 10.1. The molecule has 0 unspecified atom stereocenters. The second-order valence-corrected chi connectivity index (χ2v) is 5.24. The van der Waals surface area contributed by atoms with Gasteiger partial charge >= 0.3 is 6.01 Å². The number of ether oxygens (including phenoxy) is 1. The summed E-state index contributed by atoms with van der Waals surface area (Å²) in [6.07, 6.45) is 3.19. The van der Waals surface area contributed by atoms with Crippen molar-refractivity contribution in [3.05, 3.63) is 0 Å². The predicted molar refractivity (Wildman–Crippen MR) is 81.8 cm³/mol. The van der Waals surface area contributed by atoms with E-state index in [0.29, 0.717) is 24.5 Å². The first-order valence-corrected chi connectivity index (χ1v) is 7.78. The summed E-state index contributed by atoms with van der Waals surface area (Å²) >= 11 is 0. The molecule has 1 fully saturated rings. The Morgan fingerprint density at radius 1 is 1.19 bits per heavy atom. The smallest absolute Gasteiger partial charge is 0.323 e. The first kappa shape index (κ1) is 15.8. The van der Waals surface area contributed by atoms with E-state index in [4.69, 9.17) is 4.74 Å². The van der Waals surface area contributed by atoms with E-state index in [1.807, 2.05) is 6.92 Å². The molecule has 0 atom stereocenters. The second kappa shape index (κ2) is 7.97. The van der Waals surface area contributed by atoms with Crippen LogP contribution in [-0.2, 0) is 0 Å². The van der Waals surface area contributed by atoms with Gasteiger partial charge < -0.3 is 20.1 Å². The lowest BCUT2D eigenvalue weighted by molar-refractivity contribution is 0.145. The van der Waals surface area contributed by atoms with Crippen LogP contribution in [0.2, 0.25) is 0 Å². The average Bonchev–Trinajstić information content (AvgIpc) is 2.51. The molecule has 1 aliphatic heterocycles. The average molecular weight is 295 g/mol. The molecule has 118 valence electrons. The zero-order valence-electron chi connectivity index (χ0n) is 12.9. The number of hydrogen-bond donors (Lipinski definition) is 2. The maximum Gasteiger partial charge on any atom is 0.323 e. The van der Waals surface area contributed by atoms with E-state index >= 15 is 0 Å². The van der Waals surface area contributed by atoms with Gasteiger partial charge in [-0.05, 0) is 25.7 Å². The van der Waals surface area contributed by atoms with Gasteiger partial charge in [0, 0.05) is 19.6 Å². The van der Waals surface area contributed by atoms with E-state index in [-0.39, 0.29) is 6.10 Å². The molecule has 7 heteroatoms. The van der Waals surface area contributed by atoms with Gasteiger partial charge in [0.15, 0.2) is 0 Å². The van der Waals surface area contributed by atoms with Crippen molar-refractivity contribution in [1.29, 1.82) is 0 Å². The van der Waals surface area contributed by atoms with Gasteiger partial charge in [0.2, 0.25) is 11.9 Å². The van der Waals surface area contributed by atoms with Gasteiger partial charge in [-0.25, -0.2) is 0 Å². The molecule has 1 aliphatic rings. The molecule has 2 rings (SSSR count). The normalized spacial score (nSPS) is 16.0. The SMILES string of the molecule is CCCNc1nc(OCCC)nc(N2CCC(O)CC2)n1. The molecule has 2 N–H and O–H groups in total. The summed E-state index contributed by atoms with van der Waals surface area (Å²) in [7, 11) is 0. The van der Waals surface area contributed by atoms with E-state index in [1.54, 1.807) is 0 Å². The molecule has 0 saturated carbocycles. The molecule has 0 spiro atoms. The third kappa shape index (κ3) is 4.70. The van der Waals surface area contributed by atoms with Crippen molar-refractivity contribution in [1.82, 2.24) is 15.0 Å². The van der Waals surface area contributed by atoms with Crippen LogP contribution < -0.4 is 15.0 Å². The van der Waals surface area contributed by atoms with Gasteiger partial charge in [-0.15, -0.1) is 0 Å². The highest BCUT2D eigenvalue weighted by molar-refractivity contribution is 5.38. The molecule has 0 aromatic carbocycles. The summed E-state index contributed by atoms with van der Waals surface area (Å²) in [6.45, 7) is 7.06. The van der Waals surface area contributed by atoms with Gasteiger partial charge in [0.25, 0.3) is 0 Å². The molecule has 0 amide bonds. The minimum atomic E-state index is -0.211. The molecule has 0 bridgehead atoms. The molecule has 2 heterocycles. The fraction of sp³-hybridized carbons (Fsp3) is 0.786. The monoisotopic (exact) mass is 295 g/mol. The summed E-state index contributed by atoms with van der Waals surface area (Å²) in [5.74, 6) is 1.18. The number of nitrogens with zero attached hydrogens (tertiary/aromatic N) is 4. The van der Waals surface area contributed by atoms with Gasteiger partial charge in [0.1, 0.15) is 0 Å². The van der Waals surface area contributed by atoms with E-state index in [2.05, 4.69) is 32.1 Å². The third-order valence-electron chi connectivity index (χ3n) is 3.32. The summed E-state index contributed by atoms with van der Waals surface area (Å²) in [6, 6.07) is 0.367. The zero-order valence-corrected chi connectivity index (χ0v) is 12.9. The minimum Gasteiger partial charge on any atom is -0.463 e. The van der Waals surface area contributed by atoms with Crippen LogP contribution >= 0.6 is 0 Å². The van der Waals surface area contributed by atoms with Crippen molar-refractivity contribution in [2.24, 2.45) is 0 Å². The van der Waals surface area contributed by atoms with Crippen LogP contribution in [0, 0.1) is 0 Å². The van der Waals surface area contributed by atoms with Crippen molar-refractivity contribution in [2.75, 3.05) is 36.5 Å². The van der Waals surface area contributed by atoms with Crippen LogP contribution in [0.3, 0.4) is 0 Å². The van der Waals surface area contributed by atoms with Crippen molar-refractivity contribution in [3.63, 3.8) is 0 Å². The topological polar surface area (TPSA) is 83.4 Å². The Bertz CT molecular complexity index is 409. The Morgan fingerprint density at radius 3 is 2.62 bits per heavy atom. The van der Waals surface area contributed by atoms with E-state index in [0.717, 1.165) is 45.3 Å². The number of aromatic nitrogens is 3. The molecule has 0 aliphatic carbocycles. The molecule has 1 saturated heterocycles. The molecular weight excluding hydrogens is 270 g/mol. The van der Waals surface area contributed by atoms with Gasteiger partial charge in [-0.2, -0.15) is 15.0 Å². The fourth-order valence-electron chi connectivity index (χ4n) is 2.13. The number of hydrogen-bond acceptors (Lipinski definition) is 7. The standard InChI is InChI=1S/C14H25N5O2/c1-3-7-15-12-16-13(18-14(17-12)21-10-4-2)19-8-5-11(20)6-9-19/h11,20H,3-10H2,1-2H3,(H,15,16,17,18). The Kier molecular flexibility index (Phi) is 5.98. The van der Waals surface area contributed by atoms with Crippen LogP contribution in [-0.4, -0.2) is 52.4 Å². The van der Waals surface area contributed by atoms with Gasteiger partial charge in [0.05, 0.1) is 12.7 Å². The molecule has 1 aromatic heterocycles. The predicted octanol–water partition coefficient (Wildman–Crippen LogP) is 1.44. The number of aliphatic hydroxyl groups is 1. The van der Waals surface area contributed by atoms with E-state index < -0.39 is 0 Å². The number of anilines is 2.